The molecule has 0 aliphatic heterocycles. The highest BCUT2D eigenvalue weighted by Crippen LogP contribution is 2.11. The van der Waals surface area contributed by atoms with Gasteiger partial charge in [-0.3, -0.25) is 9.88 Å². The molecule has 1 aromatic heterocycles. The lowest BCUT2D eigenvalue weighted by Gasteiger charge is -2.21. The van der Waals surface area contributed by atoms with Crippen molar-refractivity contribution in [2.75, 3.05) is 25.0 Å². The summed E-state index contributed by atoms with van der Waals surface area (Å²) in [7, 11) is 0. The van der Waals surface area contributed by atoms with Crippen molar-refractivity contribution in [3.8, 4) is 0 Å². The van der Waals surface area contributed by atoms with Crippen LogP contribution in [0.1, 0.15) is 52.1 Å². The van der Waals surface area contributed by atoms with E-state index in [0.29, 0.717) is 0 Å². The second-order valence-corrected chi connectivity index (χ2v) is 5.05. The van der Waals surface area contributed by atoms with Gasteiger partial charge in [-0.25, -0.2) is 0 Å². The smallest absolute Gasteiger partial charge is 0.0564 e. The molecular formula is C16H29N3. The maximum atomic E-state index is 4.50. The Kier molecular flexibility index (Phi) is 8.23. The van der Waals surface area contributed by atoms with Gasteiger partial charge in [0, 0.05) is 25.0 Å². The van der Waals surface area contributed by atoms with Crippen molar-refractivity contribution >= 4 is 5.69 Å². The first-order valence-corrected chi connectivity index (χ1v) is 7.71. The molecule has 0 spiro atoms. The van der Waals surface area contributed by atoms with E-state index in [4.69, 9.17) is 0 Å². The highest BCUT2D eigenvalue weighted by Gasteiger charge is 2.06. The molecule has 1 aromatic rings. The van der Waals surface area contributed by atoms with Crippen molar-refractivity contribution in [2.45, 2.75) is 53.0 Å². The Morgan fingerprint density at radius 2 is 1.79 bits per heavy atom. The average Bonchev–Trinajstić information content (AvgIpc) is 2.42. The Morgan fingerprint density at radius 3 is 2.37 bits per heavy atom. The number of unbranched alkanes of at least 4 members (excludes halogenated alkanes) is 2. The van der Waals surface area contributed by atoms with E-state index in [0.717, 1.165) is 13.1 Å². The van der Waals surface area contributed by atoms with Crippen molar-refractivity contribution in [1.29, 1.82) is 0 Å². The van der Waals surface area contributed by atoms with Crippen molar-refractivity contribution in [1.82, 2.24) is 9.88 Å². The minimum absolute atomic E-state index is 0.957. The summed E-state index contributed by atoms with van der Waals surface area (Å²) in [5, 5.41) is 3.35. The van der Waals surface area contributed by atoms with E-state index in [-0.39, 0.29) is 0 Å². The predicted molar refractivity (Wildman–Crippen MR) is 83.5 cm³/mol. The van der Waals surface area contributed by atoms with Crippen molar-refractivity contribution in [3.63, 3.8) is 0 Å². The van der Waals surface area contributed by atoms with Crippen LogP contribution in [0.5, 0.6) is 0 Å². The number of nitrogens with zero attached hydrogens (tertiary/aromatic N) is 2. The summed E-state index contributed by atoms with van der Waals surface area (Å²) in [6.45, 7) is 10.9. The molecule has 19 heavy (non-hydrogen) atoms. The Balaban J connectivity index is 2.57. The topological polar surface area (TPSA) is 28.2 Å². The first-order valence-electron chi connectivity index (χ1n) is 7.71. The molecule has 0 atom stereocenters. The molecule has 0 amide bonds. The van der Waals surface area contributed by atoms with Crippen LogP contribution in [0.2, 0.25) is 0 Å². The van der Waals surface area contributed by atoms with Crippen LogP contribution in [-0.4, -0.2) is 29.5 Å². The molecule has 108 valence electrons. The molecular weight excluding hydrogens is 234 g/mol. The zero-order chi connectivity index (χ0) is 13.9. The van der Waals surface area contributed by atoms with Gasteiger partial charge in [-0.2, -0.15) is 0 Å². The Hall–Kier alpha value is -1.09. The zero-order valence-electron chi connectivity index (χ0n) is 12.8. The highest BCUT2D eigenvalue weighted by molar-refractivity contribution is 5.42. The number of anilines is 1. The third kappa shape index (κ3) is 6.58. The molecule has 1 heterocycles. The van der Waals surface area contributed by atoms with Gasteiger partial charge in [0.1, 0.15) is 0 Å². The molecule has 0 saturated carbocycles. The Morgan fingerprint density at radius 1 is 1.11 bits per heavy atom. The second kappa shape index (κ2) is 9.79. The van der Waals surface area contributed by atoms with E-state index in [1.165, 1.54) is 50.2 Å². The molecule has 0 bridgehead atoms. The van der Waals surface area contributed by atoms with E-state index in [9.17, 15) is 0 Å². The van der Waals surface area contributed by atoms with Crippen molar-refractivity contribution in [3.05, 3.63) is 24.0 Å². The van der Waals surface area contributed by atoms with E-state index in [1.54, 1.807) is 0 Å². The van der Waals surface area contributed by atoms with Gasteiger partial charge in [-0.05, 0) is 45.0 Å². The molecule has 0 aliphatic rings. The average molecular weight is 263 g/mol. The van der Waals surface area contributed by atoms with E-state index < -0.39 is 0 Å². The van der Waals surface area contributed by atoms with E-state index >= 15 is 0 Å². The third-order valence-corrected chi connectivity index (χ3v) is 3.24. The number of aromatic nitrogens is 1. The van der Waals surface area contributed by atoms with Crippen LogP contribution in [0, 0.1) is 0 Å². The van der Waals surface area contributed by atoms with Crippen molar-refractivity contribution < 1.29 is 0 Å². The van der Waals surface area contributed by atoms with Gasteiger partial charge in [-0.1, -0.05) is 26.7 Å². The molecule has 0 saturated heterocycles. The van der Waals surface area contributed by atoms with Crippen LogP contribution in [0.4, 0.5) is 5.69 Å². The van der Waals surface area contributed by atoms with Crippen LogP contribution in [0.25, 0.3) is 0 Å². The molecule has 0 fully saturated rings. The second-order valence-electron chi connectivity index (χ2n) is 5.05. The van der Waals surface area contributed by atoms with Gasteiger partial charge < -0.3 is 5.32 Å². The van der Waals surface area contributed by atoms with Crippen molar-refractivity contribution in [2.24, 2.45) is 0 Å². The fourth-order valence-electron chi connectivity index (χ4n) is 2.14. The molecule has 0 unspecified atom stereocenters. The molecule has 3 nitrogen and oxygen atoms in total. The fourth-order valence-corrected chi connectivity index (χ4v) is 2.14. The minimum atomic E-state index is 0.957. The van der Waals surface area contributed by atoms with Crippen LogP contribution < -0.4 is 5.32 Å². The largest absolute Gasteiger partial charge is 0.385 e. The van der Waals surface area contributed by atoms with Gasteiger partial charge in [-0.15, -0.1) is 0 Å². The zero-order valence-corrected chi connectivity index (χ0v) is 12.8. The summed E-state index contributed by atoms with van der Waals surface area (Å²) >= 11 is 0. The Labute approximate surface area is 118 Å². The van der Waals surface area contributed by atoms with Crippen LogP contribution >= 0.6 is 0 Å². The van der Waals surface area contributed by atoms with Gasteiger partial charge in [0.25, 0.3) is 0 Å². The molecule has 3 heteroatoms. The highest BCUT2D eigenvalue weighted by atomic mass is 15.1. The molecule has 0 radical (unpaired) electrons. The predicted octanol–water partition coefficient (Wildman–Crippen LogP) is 3.92. The summed E-state index contributed by atoms with van der Waals surface area (Å²) in [4.78, 5) is 7.03. The lowest BCUT2D eigenvalue weighted by molar-refractivity contribution is 0.254. The third-order valence-electron chi connectivity index (χ3n) is 3.24. The number of pyridine rings is 1. The van der Waals surface area contributed by atoms with Crippen LogP contribution in [0.15, 0.2) is 18.3 Å². The lowest BCUT2D eigenvalue weighted by atomic mass is 10.2. The van der Waals surface area contributed by atoms with Crippen LogP contribution in [-0.2, 0) is 6.54 Å². The summed E-state index contributed by atoms with van der Waals surface area (Å²) in [6.07, 6.45) is 6.97. The van der Waals surface area contributed by atoms with E-state index in [2.05, 4.69) is 42.0 Å². The van der Waals surface area contributed by atoms with Gasteiger partial charge in [0.05, 0.1) is 5.69 Å². The number of nitrogens with one attached hydrogen (secondary N) is 1. The number of hydrogen-bond acceptors (Lipinski definition) is 3. The summed E-state index contributed by atoms with van der Waals surface area (Å²) in [6, 6.07) is 4.21. The summed E-state index contributed by atoms with van der Waals surface area (Å²) in [5.74, 6) is 0. The van der Waals surface area contributed by atoms with Crippen LogP contribution in [0.3, 0.4) is 0 Å². The minimum Gasteiger partial charge on any atom is -0.385 e. The maximum Gasteiger partial charge on any atom is 0.0564 e. The number of hydrogen-bond donors (Lipinski definition) is 1. The maximum absolute atomic E-state index is 4.50. The van der Waals surface area contributed by atoms with Gasteiger partial charge in [0.15, 0.2) is 0 Å². The fraction of sp³-hybridized carbons (Fsp3) is 0.688. The summed E-state index contributed by atoms with van der Waals surface area (Å²) < 4.78 is 0. The molecule has 0 aromatic carbocycles. The monoisotopic (exact) mass is 263 g/mol. The molecule has 1 rings (SSSR count). The standard InChI is InChI=1S/C16H29N3/c1-4-7-11-19(12-8-5-2)14-16-13-15(17-6-3)9-10-18-16/h9-10,13H,4-8,11-12,14H2,1-3H3,(H,17,18). The number of rotatable bonds is 10. The molecule has 1 N–H and O–H groups in total. The first kappa shape index (κ1) is 16.0. The van der Waals surface area contributed by atoms with E-state index in [1.807, 2.05) is 12.3 Å². The lowest BCUT2D eigenvalue weighted by Crippen LogP contribution is -2.26. The van der Waals surface area contributed by atoms with Gasteiger partial charge in [0.2, 0.25) is 0 Å². The normalized spacial score (nSPS) is 10.9. The summed E-state index contributed by atoms with van der Waals surface area (Å²) in [5.41, 5.74) is 2.35. The Bertz CT molecular complexity index is 331. The molecule has 0 aliphatic carbocycles. The SMILES string of the molecule is CCCCN(CCCC)Cc1cc(NCC)ccn1. The quantitative estimate of drug-likeness (QED) is 0.693. The first-order chi connectivity index (χ1) is 9.30. The van der Waals surface area contributed by atoms with Gasteiger partial charge >= 0.3 is 0 Å².